The van der Waals surface area contributed by atoms with E-state index in [-0.39, 0.29) is 24.1 Å². The fourth-order valence-corrected chi connectivity index (χ4v) is 4.42. The Morgan fingerprint density at radius 1 is 1.12 bits per heavy atom. The highest BCUT2D eigenvalue weighted by molar-refractivity contribution is 7.99. The van der Waals surface area contributed by atoms with Crippen LogP contribution in [0, 0.1) is 12.7 Å². The number of benzene rings is 3. The lowest BCUT2D eigenvalue weighted by molar-refractivity contribution is -0.118. The summed E-state index contributed by atoms with van der Waals surface area (Å²) in [7, 11) is 0. The van der Waals surface area contributed by atoms with Gasteiger partial charge in [0.15, 0.2) is 23.4 Å². The summed E-state index contributed by atoms with van der Waals surface area (Å²) < 4.78 is 21.7. The Bertz CT molecular complexity index is 1400. The van der Waals surface area contributed by atoms with E-state index in [2.05, 4.69) is 15.5 Å². The summed E-state index contributed by atoms with van der Waals surface area (Å²) in [6.07, 6.45) is 0. The molecule has 1 amide bonds. The first-order valence-electron chi connectivity index (χ1n) is 10.5. The van der Waals surface area contributed by atoms with E-state index in [1.54, 1.807) is 41.0 Å². The first kappa shape index (κ1) is 21.8. The number of Topliss-reactive ketones (excluding diaryl/α,β-unsaturated/α-hetero) is 1. The maximum Gasteiger partial charge on any atom is 0.262 e. The number of carbonyl (C=O) groups excluding carboxylic acids is 2. The molecule has 0 unspecified atom stereocenters. The van der Waals surface area contributed by atoms with Crippen LogP contribution in [-0.2, 0) is 4.79 Å². The fourth-order valence-electron chi connectivity index (χ4n) is 3.58. The number of ether oxygens (including phenoxy) is 1. The summed E-state index contributed by atoms with van der Waals surface area (Å²) in [4.78, 5) is 24.5. The lowest BCUT2D eigenvalue weighted by atomic mass is 10.1. The Labute approximate surface area is 199 Å². The summed E-state index contributed by atoms with van der Waals surface area (Å²) in [6, 6.07) is 19.0. The Balaban J connectivity index is 1.44. The van der Waals surface area contributed by atoms with Gasteiger partial charge in [-0.15, -0.1) is 10.2 Å². The van der Waals surface area contributed by atoms with Gasteiger partial charge >= 0.3 is 0 Å². The Morgan fingerprint density at radius 2 is 1.91 bits per heavy atom. The van der Waals surface area contributed by atoms with Crippen LogP contribution in [0.2, 0.25) is 0 Å². The largest absolute Gasteiger partial charge is 0.482 e. The summed E-state index contributed by atoms with van der Waals surface area (Å²) >= 11 is 1.21. The zero-order valence-corrected chi connectivity index (χ0v) is 18.9. The van der Waals surface area contributed by atoms with Gasteiger partial charge in [-0.2, -0.15) is 0 Å². The lowest BCUT2D eigenvalue weighted by Crippen LogP contribution is -2.25. The first-order valence-corrected chi connectivity index (χ1v) is 11.5. The molecular weight excluding hydrogens is 455 g/mol. The van der Waals surface area contributed by atoms with Gasteiger partial charge in [-0.05, 0) is 49.4 Å². The molecule has 0 fully saturated rings. The van der Waals surface area contributed by atoms with Gasteiger partial charge in [-0.3, -0.25) is 14.2 Å². The van der Waals surface area contributed by atoms with E-state index in [1.165, 1.54) is 17.8 Å². The molecule has 9 heteroatoms. The van der Waals surface area contributed by atoms with E-state index >= 15 is 0 Å². The Hall–Kier alpha value is -3.98. The third-order valence-electron chi connectivity index (χ3n) is 5.31. The highest BCUT2D eigenvalue weighted by Gasteiger charge is 2.21. The molecule has 1 aliphatic rings. The minimum absolute atomic E-state index is 0.0465. The molecule has 0 bridgehead atoms. The van der Waals surface area contributed by atoms with E-state index in [0.717, 1.165) is 11.3 Å². The van der Waals surface area contributed by atoms with Crippen LogP contribution >= 0.6 is 11.8 Å². The van der Waals surface area contributed by atoms with Crippen LogP contribution in [-0.4, -0.2) is 38.8 Å². The molecule has 5 rings (SSSR count). The number of halogens is 1. The number of fused-ring (bicyclic) bond motifs is 1. The zero-order valence-electron chi connectivity index (χ0n) is 18.1. The molecular formula is C25H19FN4O3S. The van der Waals surface area contributed by atoms with Gasteiger partial charge in [0.05, 0.1) is 17.0 Å². The summed E-state index contributed by atoms with van der Waals surface area (Å²) in [6.45, 7) is 1.93. The zero-order chi connectivity index (χ0) is 23.7. The predicted molar refractivity (Wildman–Crippen MR) is 127 cm³/mol. The summed E-state index contributed by atoms with van der Waals surface area (Å²) in [5.74, 6) is 0.128. The van der Waals surface area contributed by atoms with E-state index in [0.29, 0.717) is 33.5 Å². The molecule has 1 N–H and O–H groups in total. The average Bonchev–Trinajstić information content (AvgIpc) is 3.26. The number of hydrogen-bond acceptors (Lipinski definition) is 6. The maximum absolute atomic E-state index is 14.6. The minimum Gasteiger partial charge on any atom is -0.482 e. The molecule has 0 aliphatic carbocycles. The van der Waals surface area contributed by atoms with Gasteiger partial charge in [-0.1, -0.05) is 41.6 Å². The smallest absolute Gasteiger partial charge is 0.262 e. The van der Waals surface area contributed by atoms with Gasteiger partial charge in [-0.25, -0.2) is 4.39 Å². The van der Waals surface area contributed by atoms with Crippen molar-refractivity contribution in [3.05, 3.63) is 83.7 Å². The number of nitrogens with zero attached hydrogens (tertiary/aromatic N) is 3. The third-order valence-corrected chi connectivity index (χ3v) is 6.24. The average molecular weight is 475 g/mol. The third kappa shape index (κ3) is 4.29. The first-order chi connectivity index (χ1) is 16.5. The molecule has 0 saturated heterocycles. The molecule has 3 aromatic carbocycles. The SMILES string of the molecule is Cc1ccc(-n2c(SCC(=O)c3ccc4c(c3)NC(=O)CO4)nnc2-c2ccccc2F)cc1. The highest BCUT2D eigenvalue weighted by atomic mass is 32.2. The molecule has 1 aromatic heterocycles. The molecule has 4 aromatic rings. The normalized spacial score (nSPS) is 12.6. The van der Waals surface area contributed by atoms with Crippen molar-refractivity contribution in [1.82, 2.24) is 14.8 Å². The fraction of sp³-hybridized carbons (Fsp3) is 0.120. The number of hydrogen-bond donors (Lipinski definition) is 1. The molecule has 34 heavy (non-hydrogen) atoms. The van der Waals surface area contributed by atoms with Crippen LogP contribution in [0.1, 0.15) is 15.9 Å². The topological polar surface area (TPSA) is 86.1 Å². The van der Waals surface area contributed by atoms with E-state index in [4.69, 9.17) is 4.74 Å². The standard InChI is InChI=1S/C25H19FN4O3S/c1-15-6-9-17(10-7-15)30-24(18-4-2-3-5-19(18)26)28-29-25(30)34-14-21(31)16-8-11-22-20(12-16)27-23(32)13-33-22/h2-12H,13-14H2,1H3,(H,27,32). The van der Waals surface area contributed by atoms with Gasteiger partial charge in [0.25, 0.3) is 5.91 Å². The minimum atomic E-state index is -0.408. The quantitative estimate of drug-likeness (QED) is 0.322. The van der Waals surface area contributed by atoms with Crippen molar-refractivity contribution >= 4 is 29.1 Å². The van der Waals surface area contributed by atoms with Gasteiger partial charge < -0.3 is 10.1 Å². The van der Waals surface area contributed by atoms with Gasteiger partial charge in [0.1, 0.15) is 11.6 Å². The second kappa shape index (κ2) is 9.11. The molecule has 0 saturated carbocycles. The molecule has 0 spiro atoms. The van der Waals surface area contributed by atoms with E-state index in [1.807, 2.05) is 31.2 Å². The van der Waals surface area contributed by atoms with Crippen molar-refractivity contribution in [3.8, 4) is 22.8 Å². The van der Waals surface area contributed by atoms with Crippen molar-refractivity contribution in [3.63, 3.8) is 0 Å². The molecule has 0 radical (unpaired) electrons. The number of aryl methyl sites for hydroxylation is 1. The van der Waals surface area contributed by atoms with Crippen molar-refractivity contribution < 1.29 is 18.7 Å². The summed E-state index contributed by atoms with van der Waals surface area (Å²) in [5.41, 5.74) is 3.07. The molecule has 1 aliphatic heterocycles. The number of carbonyl (C=O) groups is 2. The Kier molecular flexibility index (Phi) is 5.85. The molecule has 2 heterocycles. The van der Waals surface area contributed by atoms with E-state index < -0.39 is 5.82 Å². The number of anilines is 1. The second-order valence-electron chi connectivity index (χ2n) is 7.72. The predicted octanol–water partition coefficient (Wildman–Crippen LogP) is 4.69. The van der Waals surface area contributed by atoms with Crippen LogP contribution in [0.15, 0.2) is 71.9 Å². The second-order valence-corrected chi connectivity index (χ2v) is 8.66. The number of ketones is 1. The number of thioether (sulfide) groups is 1. The van der Waals surface area contributed by atoms with Gasteiger partial charge in [0, 0.05) is 11.3 Å². The lowest BCUT2D eigenvalue weighted by Gasteiger charge is -2.18. The molecule has 7 nitrogen and oxygen atoms in total. The van der Waals surface area contributed by atoms with E-state index in [9.17, 15) is 14.0 Å². The van der Waals surface area contributed by atoms with Crippen LogP contribution in [0.3, 0.4) is 0 Å². The van der Waals surface area contributed by atoms with Crippen LogP contribution in [0.25, 0.3) is 17.1 Å². The summed E-state index contributed by atoms with van der Waals surface area (Å²) in [5, 5.41) is 11.7. The Morgan fingerprint density at radius 3 is 2.71 bits per heavy atom. The van der Waals surface area contributed by atoms with Gasteiger partial charge in [0.2, 0.25) is 0 Å². The van der Waals surface area contributed by atoms with Crippen molar-refractivity contribution in [2.24, 2.45) is 0 Å². The number of rotatable bonds is 6. The molecule has 170 valence electrons. The highest BCUT2D eigenvalue weighted by Crippen LogP contribution is 2.31. The monoisotopic (exact) mass is 474 g/mol. The molecule has 0 atom stereocenters. The number of nitrogens with one attached hydrogen (secondary N) is 1. The van der Waals surface area contributed by atoms with Crippen molar-refractivity contribution in [2.75, 3.05) is 17.7 Å². The maximum atomic E-state index is 14.6. The number of aromatic nitrogens is 3. The van der Waals surface area contributed by atoms with Crippen molar-refractivity contribution in [2.45, 2.75) is 12.1 Å². The van der Waals surface area contributed by atoms with Crippen LogP contribution in [0.5, 0.6) is 5.75 Å². The number of amides is 1. The van der Waals surface area contributed by atoms with Crippen molar-refractivity contribution in [1.29, 1.82) is 0 Å². The van der Waals surface area contributed by atoms with Crippen LogP contribution in [0.4, 0.5) is 10.1 Å². The van der Waals surface area contributed by atoms with Crippen LogP contribution < -0.4 is 10.1 Å².